The van der Waals surface area contributed by atoms with E-state index in [2.05, 4.69) is 32.2 Å². The van der Waals surface area contributed by atoms with Crippen LogP contribution in [-0.2, 0) is 0 Å². The number of ether oxygens (including phenoxy) is 1. The summed E-state index contributed by atoms with van der Waals surface area (Å²) < 4.78 is 5.39. The number of rotatable bonds is 3. The highest BCUT2D eigenvalue weighted by atomic mass is 16.5. The average molecular weight is 234 g/mol. The van der Waals surface area contributed by atoms with E-state index < -0.39 is 0 Å². The Morgan fingerprint density at radius 1 is 1.29 bits per heavy atom. The first-order valence-electron chi connectivity index (χ1n) is 6.17. The predicted octanol–water partition coefficient (Wildman–Crippen LogP) is 1.84. The summed E-state index contributed by atoms with van der Waals surface area (Å²) in [7, 11) is 1.72. The minimum atomic E-state index is 0.140. The molecule has 1 atom stereocenters. The third-order valence-corrected chi connectivity index (χ3v) is 3.98. The monoisotopic (exact) mass is 234 g/mol. The fourth-order valence-corrected chi connectivity index (χ4v) is 2.59. The second-order valence-electron chi connectivity index (χ2n) is 5.00. The average Bonchev–Trinajstić information content (AvgIpc) is 2.21. The Morgan fingerprint density at radius 3 is 2.41 bits per heavy atom. The van der Waals surface area contributed by atoms with Crippen molar-refractivity contribution in [3.63, 3.8) is 0 Å². The van der Waals surface area contributed by atoms with E-state index in [9.17, 15) is 0 Å². The molecule has 1 aromatic carbocycles. The maximum atomic E-state index is 6.38. The summed E-state index contributed by atoms with van der Waals surface area (Å²) in [6.45, 7) is 8.43. The molecule has 1 aromatic rings. The molecule has 17 heavy (non-hydrogen) atoms. The topological polar surface area (TPSA) is 47.3 Å². The summed E-state index contributed by atoms with van der Waals surface area (Å²) in [6.07, 6.45) is 0. The number of nitrogens with two attached hydrogens (primary N) is 1. The lowest BCUT2D eigenvalue weighted by Crippen LogP contribution is -2.48. The highest BCUT2D eigenvalue weighted by Gasteiger charge is 2.28. The summed E-state index contributed by atoms with van der Waals surface area (Å²) >= 11 is 0. The summed E-state index contributed by atoms with van der Waals surface area (Å²) in [6, 6.07) is 2.24. The molecule has 2 rings (SSSR count). The molecular weight excluding hydrogens is 212 g/mol. The Morgan fingerprint density at radius 2 is 1.94 bits per heavy atom. The SMILES string of the molecule is COc1cc(C)c(C(N)C2CNC2)c(C)c1C. The van der Waals surface area contributed by atoms with Gasteiger partial charge < -0.3 is 15.8 Å². The van der Waals surface area contributed by atoms with Gasteiger partial charge in [-0.2, -0.15) is 0 Å². The number of hydrogen-bond donors (Lipinski definition) is 2. The van der Waals surface area contributed by atoms with Crippen LogP contribution in [0.3, 0.4) is 0 Å². The predicted molar refractivity (Wildman–Crippen MR) is 70.5 cm³/mol. The zero-order valence-corrected chi connectivity index (χ0v) is 11.1. The molecule has 0 radical (unpaired) electrons. The molecule has 0 spiro atoms. The minimum Gasteiger partial charge on any atom is -0.496 e. The maximum absolute atomic E-state index is 6.38. The lowest BCUT2D eigenvalue weighted by molar-refractivity contribution is 0.293. The van der Waals surface area contributed by atoms with Gasteiger partial charge in [0.15, 0.2) is 0 Å². The van der Waals surface area contributed by atoms with E-state index in [0.29, 0.717) is 5.92 Å². The van der Waals surface area contributed by atoms with E-state index in [1.165, 1.54) is 22.3 Å². The molecule has 1 unspecified atom stereocenters. The molecule has 0 saturated carbocycles. The van der Waals surface area contributed by atoms with Crippen LogP contribution < -0.4 is 15.8 Å². The summed E-state index contributed by atoms with van der Waals surface area (Å²) in [5, 5.41) is 3.28. The minimum absolute atomic E-state index is 0.140. The van der Waals surface area contributed by atoms with Gasteiger partial charge in [0.1, 0.15) is 5.75 Å². The summed E-state index contributed by atoms with van der Waals surface area (Å²) in [5.41, 5.74) is 11.4. The fourth-order valence-electron chi connectivity index (χ4n) is 2.59. The zero-order chi connectivity index (χ0) is 12.6. The van der Waals surface area contributed by atoms with Crippen molar-refractivity contribution in [2.75, 3.05) is 20.2 Å². The highest BCUT2D eigenvalue weighted by Crippen LogP contribution is 2.34. The van der Waals surface area contributed by atoms with Crippen LogP contribution in [0.2, 0.25) is 0 Å². The van der Waals surface area contributed by atoms with Crippen molar-refractivity contribution in [1.82, 2.24) is 5.32 Å². The van der Waals surface area contributed by atoms with Gasteiger partial charge in [-0.05, 0) is 49.1 Å². The molecule has 1 aliphatic rings. The van der Waals surface area contributed by atoms with Crippen molar-refractivity contribution in [2.45, 2.75) is 26.8 Å². The first-order chi connectivity index (χ1) is 8.06. The third-order valence-electron chi connectivity index (χ3n) is 3.98. The summed E-state index contributed by atoms with van der Waals surface area (Å²) in [4.78, 5) is 0. The van der Waals surface area contributed by atoms with E-state index in [0.717, 1.165) is 18.8 Å². The Bertz CT molecular complexity index is 425. The van der Waals surface area contributed by atoms with Crippen LogP contribution in [0.1, 0.15) is 28.3 Å². The van der Waals surface area contributed by atoms with E-state index >= 15 is 0 Å². The number of methoxy groups -OCH3 is 1. The van der Waals surface area contributed by atoms with E-state index in [4.69, 9.17) is 10.5 Å². The van der Waals surface area contributed by atoms with Crippen LogP contribution in [-0.4, -0.2) is 20.2 Å². The van der Waals surface area contributed by atoms with Crippen molar-refractivity contribution in [2.24, 2.45) is 11.7 Å². The number of aryl methyl sites for hydroxylation is 1. The third kappa shape index (κ3) is 2.05. The first kappa shape index (κ1) is 12.4. The van der Waals surface area contributed by atoms with Gasteiger partial charge in [0, 0.05) is 25.0 Å². The normalized spacial score (nSPS) is 17.7. The van der Waals surface area contributed by atoms with Gasteiger partial charge in [-0.15, -0.1) is 0 Å². The van der Waals surface area contributed by atoms with E-state index in [1.54, 1.807) is 7.11 Å². The molecule has 3 heteroatoms. The summed E-state index contributed by atoms with van der Waals surface area (Å²) in [5.74, 6) is 1.53. The highest BCUT2D eigenvalue weighted by molar-refractivity contribution is 5.49. The van der Waals surface area contributed by atoms with Crippen LogP contribution >= 0.6 is 0 Å². The van der Waals surface area contributed by atoms with Crippen molar-refractivity contribution in [3.05, 3.63) is 28.3 Å². The van der Waals surface area contributed by atoms with Crippen molar-refractivity contribution < 1.29 is 4.74 Å². The molecule has 0 amide bonds. The number of nitrogens with one attached hydrogen (secondary N) is 1. The second-order valence-corrected chi connectivity index (χ2v) is 5.00. The van der Waals surface area contributed by atoms with Crippen molar-refractivity contribution in [3.8, 4) is 5.75 Å². The van der Waals surface area contributed by atoms with Crippen molar-refractivity contribution >= 4 is 0 Å². The lowest BCUT2D eigenvalue weighted by atomic mass is 9.83. The maximum Gasteiger partial charge on any atom is 0.122 e. The van der Waals surface area contributed by atoms with Gasteiger partial charge in [-0.1, -0.05) is 0 Å². The first-order valence-corrected chi connectivity index (χ1v) is 6.17. The van der Waals surface area contributed by atoms with Gasteiger partial charge in [-0.25, -0.2) is 0 Å². The van der Waals surface area contributed by atoms with Gasteiger partial charge in [0.25, 0.3) is 0 Å². The molecule has 3 nitrogen and oxygen atoms in total. The molecule has 94 valence electrons. The van der Waals surface area contributed by atoms with Gasteiger partial charge in [-0.3, -0.25) is 0 Å². The van der Waals surface area contributed by atoms with E-state index in [-0.39, 0.29) is 6.04 Å². The molecule has 0 aliphatic carbocycles. The molecule has 1 aliphatic heterocycles. The van der Waals surface area contributed by atoms with Crippen LogP contribution in [0, 0.1) is 26.7 Å². The van der Waals surface area contributed by atoms with Gasteiger partial charge >= 0.3 is 0 Å². The largest absolute Gasteiger partial charge is 0.496 e. The van der Waals surface area contributed by atoms with Crippen LogP contribution in [0.25, 0.3) is 0 Å². The second kappa shape index (κ2) is 4.67. The quantitative estimate of drug-likeness (QED) is 0.839. The Balaban J connectivity index is 2.42. The molecular formula is C14H22N2O. The lowest BCUT2D eigenvalue weighted by Gasteiger charge is -2.34. The molecule has 3 N–H and O–H groups in total. The number of hydrogen-bond acceptors (Lipinski definition) is 3. The van der Waals surface area contributed by atoms with Crippen LogP contribution in [0.15, 0.2) is 6.07 Å². The Kier molecular flexibility index (Phi) is 3.40. The van der Waals surface area contributed by atoms with Gasteiger partial charge in [0.2, 0.25) is 0 Å². The van der Waals surface area contributed by atoms with Crippen molar-refractivity contribution in [1.29, 1.82) is 0 Å². The van der Waals surface area contributed by atoms with Crippen LogP contribution in [0.4, 0.5) is 0 Å². The molecule has 0 bridgehead atoms. The van der Waals surface area contributed by atoms with Gasteiger partial charge in [0.05, 0.1) is 7.11 Å². The molecule has 1 fully saturated rings. The smallest absolute Gasteiger partial charge is 0.122 e. The number of benzene rings is 1. The fraction of sp³-hybridized carbons (Fsp3) is 0.571. The Hall–Kier alpha value is -1.06. The Labute approximate surface area is 103 Å². The zero-order valence-electron chi connectivity index (χ0n) is 11.1. The standard InChI is InChI=1S/C14H22N2O/c1-8-5-12(17-4)9(2)10(3)13(8)14(15)11-6-16-7-11/h5,11,14,16H,6-7,15H2,1-4H3. The molecule has 1 heterocycles. The molecule has 1 saturated heterocycles. The molecule has 0 aromatic heterocycles. The van der Waals surface area contributed by atoms with Crippen LogP contribution in [0.5, 0.6) is 5.75 Å². The van der Waals surface area contributed by atoms with E-state index in [1.807, 2.05) is 0 Å².